The van der Waals surface area contributed by atoms with E-state index in [2.05, 4.69) is 83.5 Å². The van der Waals surface area contributed by atoms with Gasteiger partial charge in [-0.15, -0.1) is 0 Å². The Kier molecular flexibility index (Phi) is 12.2. The molecule has 3 aromatic heterocycles. The first-order chi connectivity index (χ1) is 29.4. The summed E-state index contributed by atoms with van der Waals surface area (Å²) in [5.41, 5.74) is 11.3. The van der Waals surface area contributed by atoms with Gasteiger partial charge in [-0.05, 0) is 83.5 Å². The van der Waals surface area contributed by atoms with Crippen LogP contribution in [0.3, 0.4) is 0 Å². The number of halogens is 3. The van der Waals surface area contributed by atoms with Crippen molar-refractivity contribution in [3.8, 4) is 22.4 Å². The van der Waals surface area contributed by atoms with Gasteiger partial charge in [0.1, 0.15) is 12.4 Å². The largest absolute Gasteiger partial charge is 0.490 e. The SMILES string of the molecule is Cc1cc(-c2ncnn3cc(-c4ccc5c(c4)CN(CCc4ccc(NC6CCC(=O)NC6=O)cc4)C5)cc23)ccc1CNC(=O)c1noc(C(C)(C)C)n1.O=C(O)C(F)(F)F. The van der Waals surface area contributed by atoms with Crippen molar-refractivity contribution in [2.24, 2.45) is 0 Å². The summed E-state index contributed by atoms with van der Waals surface area (Å²) in [6, 6.07) is 22.8. The van der Waals surface area contributed by atoms with Gasteiger partial charge in [0, 0.05) is 61.0 Å². The number of aliphatic carboxylic acids is 1. The van der Waals surface area contributed by atoms with Gasteiger partial charge >= 0.3 is 12.1 Å². The summed E-state index contributed by atoms with van der Waals surface area (Å²) in [5, 5.41) is 24.0. The Hall–Kier alpha value is -6.95. The fourth-order valence-electron chi connectivity index (χ4n) is 7.12. The second kappa shape index (κ2) is 17.6. The van der Waals surface area contributed by atoms with Gasteiger partial charge in [-0.1, -0.05) is 62.3 Å². The van der Waals surface area contributed by atoms with E-state index in [1.54, 1.807) is 6.33 Å². The average Bonchev–Trinajstić information content (AvgIpc) is 4.00. The van der Waals surface area contributed by atoms with Crippen molar-refractivity contribution in [3.63, 3.8) is 0 Å². The monoisotopic (exact) mass is 851 g/mol. The van der Waals surface area contributed by atoms with E-state index in [4.69, 9.17) is 14.4 Å². The topological polar surface area (TPSA) is 197 Å². The zero-order valence-corrected chi connectivity index (χ0v) is 34.3. The second-order valence-corrected chi connectivity index (χ2v) is 16.3. The number of hydrogen-bond donors (Lipinski definition) is 4. The maximum Gasteiger partial charge on any atom is 0.490 e. The van der Waals surface area contributed by atoms with Gasteiger partial charge < -0.3 is 20.3 Å². The van der Waals surface area contributed by atoms with E-state index in [9.17, 15) is 27.6 Å². The van der Waals surface area contributed by atoms with Crippen LogP contribution in [0.1, 0.15) is 77.9 Å². The molecular weight excluding hydrogens is 808 g/mol. The number of aryl methyl sites for hydroxylation is 1. The average molecular weight is 852 g/mol. The van der Waals surface area contributed by atoms with Gasteiger partial charge in [0.05, 0.1) is 11.2 Å². The lowest BCUT2D eigenvalue weighted by atomic mass is 9.97. The molecule has 0 spiro atoms. The highest BCUT2D eigenvalue weighted by molar-refractivity contribution is 6.01. The van der Waals surface area contributed by atoms with Crippen LogP contribution in [0.2, 0.25) is 0 Å². The maximum absolute atomic E-state index is 12.7. The zero-order chi connectivity index (χ0) is 44.3. The molecule has 1 fully saturated rings. The molecule has 322 valence electrons. The molecule has 6 aromatic rings. The molecule has 0 saturated carbocycles. The molecule has 3 aromatic carbocycles. The molecule has 2 aliphatic rings. The minimum absolute atomic E-state index is 0.0228. The van der Waals surface area contributed by atoms with E-state index >= 15 is 0 Å². The molecule has 0 radical (unpaired) electrons. The van der Waals surface area contributed by atoms with Crippen molar-refractivity contribution in [2.45, 2.75) is 84.2 Å². The Morgan fingerprint density at radius 2 is 1.68 bits per heavy atom. The van der Waals surface area contributed by atoms with Crippen LogP contribution in [0.4, 0.5) is 18.9 Å². The Morgan fingerprint density at radius 1 is 0.952 bits per heavy atom. The summed E-state index contributed by atoms with van der Waals surface area (Å²) < 4.78 is 38.9. The van der Waals surface area contributed by atoms with Crippen molar-refractivity contribution < 1.29 is 42.0 Å². The van der Waals surface area contributed by atoms with Crippen LogP contribution in [-0.2, 0) is 45.9 Å². The molecule has 62 heavy (non-hydrogen) atoms. The normalized spacial score (nSPS) is 15.4. The van der Waals surface area contributed by atoms with Gasteiger partial charge in [-0.25, -0.2) is 14.3 Å². The van der Waals surface area contributed by atoms with Gasteiger partial charge in [0.2, 0.25) is 17.7 Å². The molecule has 8 rings (SSSR count). The first-order valence-electron chi connectivity index (χ1n) is 19.8. The summed E-state index contributed by atoms with van der Waals surface area (Å²) in [5.74, 6) is -3.18. The number of carboxylic acid groups (broad SMARTS) is 1. The van der Waals surface area contributed by atoms with Crippen molar-refractivity contribution in [3.05, 3.63) is 119 Å². The third-order valence-electron chi connectivity index (χ3n) is 10.6. The van der Waals surface area contributed by atoms with E-state index in [1.165, 1.54) is 16.7 Å². The Bertz CT molecular complexity index is 2650. The van der Waals surface area contributed by atoms with Crippen molar-refractivity contribution in [2.75, 3.05) is 11.9 Å². The number of nitrogens with one attached hydrogen (secondary N) is 3. The number of carboxylic acids is 1. The lowest BCUT2D eigenvalue weighted by Gasteiger charge is -2.23. The van der Waals surface area contributed by atoms with Gasteiger partial charge in [0.25, 0.3) is 11.7 Å². The summed E-state index contributed by atoms with van der Waals surface area (Å²) in [6.07, 6.45) is 0.316. The fraction of sp³-hybridized carbons (Fsp3) is 0.318. The smallest absolute Gasteiger partial charge is 0.475 e. The highest BCUT2D eigenvalue weighted by atomic mass is 19.4. The molecule has 0 aliphatic carbocycles. The standard InChI is InChI=1S/C42H43N9O4.C2HF3O2/c1-25-17-28(8-9-29(25)20-43-40(54)38-48-41(55-49-38)42(2,3)4)37-35-19-32(23-51(35)45-24-44-37)27-7-10-30-21-50(22-31(30)18-27)16-15-26-5-11-33(12-6-26)46-34-13-14-36(52)47-39(34)53;3-2(4,5)1(6)7/h5-12,17-19,23-24,34,46H,13-16,20-22H2,1-4H3,(H,43,54)(H,47,52,53);(H,6,7). The van der Waals surface area contributed by atoms with Crippen molar-refractivity contribution >= 4 is 34.9 Å². The Balaban J connectivity index is 0.000000762. The third-order valence-corrected chi connectivity index (χ3v) is 10.6. The van der Waals surface area contributed by atoms with Crippen molar-refractivity contribution in [1.29, 1.82) is 0 Å². The Labute approximate surface area is 353 Å². The predicted molar refractivity (Wildman–Crippen MR) is 221 cm³/mol. The molecule has 4 N–H and O–H groups in total. The summed E-state index contributed by atoms with van der Waals surface area (Å²) >= 11 is 0. The lowest BCUT2D eigenvalue weighted by molar-refractivity contribution is -0.192. The molecule has 1 unspecified atom stereocenters. The molecule has 0 bridgehead atoms. The molecule has 15 nitrogen and oxygen atoms in total. The number of aromatic nitrogens is 5. The van der Waals surface area contributed by atoms with Crippen LogP contribution in [0.25, 0.3) is 27.9 Å². The van der Waals surface area contributed by atoms with Gasteiger partial charge in [-0.2, -0.15) is 23.3 Å². The maximum atomic E-state index is 12.7. The molecule has 1 saturated heterocycles. The number of hydrogen-bond acceptors (Lipinski definition) is 11. The fourth-order valence-corrected chi connectivity index (χ4v) is 7.12. The number of amides is 3. The van der Waals surface area contributed by atoms with Crippen LogP contribution in [0.15, 0.2) is 83.8 Å². The summed E-state index contributed by atoms with van der Waals surface area (Å²) in [7, 11) is 0. The van der Waals surface area contributed by atoms with Crippen LogP contribution in [-0.4, -0.2) is 77.2 Å². The van der Waals surface area contributed by atoms with E-state index < -0.39 is 12.1 Å². The van der Waals surface area contributed by atoms with Gasteiger partial charge in [0.15, 0.2) is 0 Å². The van der Waals surface area contributed by atoms with Crippen LogP contribution in [0.5, 0.6) is 0 Å². The van der Waals surface area contributed by atoms with Crippen molar-refractivity contribution in [1.82, 2.24) is 40.3 Å². The van der Waals surface area contributed by atoms with E-state index in [0.29, 0.717) is 25.3 Å². The van der Waals surface area contributed by atoms with E-state index in [0.717, 1.165) is 70.8 Å². The third kappa shape index (κ3) is 10.1. The number of anilines is 1. The van der Waals surface area contributed by atoms with Crippen LogP contribution >= 0.6 is 0 Å². The second-order valence-electron chi connectivity index (χ2n) is 16.3. The number of carbonyl (C=O) groups is 4. The molecule has 1 atom stereocenters. The molecule has 2 aliphatic heterocycles. The number of carbonyl (C=O) groups excluding carboxylic acids is 3. The molecule has 5 heterocycles. The lowest BCUT2D eigenvalue weighted by Crippen LogP contribution is -2.47. The van der Waals surface area contributed by atoms with Crippen LogP contribution in [0, 0.1) is 6.92 Å². The number of rotatable bonds is 10. The number of nitrogens with zero attached hydrogens (tertiary/aromatic N) is 6. The first kappa shape index (κ1) is 43.1. The number of alkyl halides is 3. The molecule has 18 heteroatoms. The Morgan fingerprint density at radius 3 is 2.35 bits per heavy atom. The molecule has 3 amide bonds. The number of piperidine rings is 1. The summed E-state index contributed by atoms with van der Waals surface area (Å²) in [6.45, 7) is 10.9. The number of fused-ring (bicyclic) bond motifs is 2. The summed E-state index contributed by atoms with van der Waals surface area (Å²) in [4.78, 5) is 56.6. The van der Waals surface area contributed by atoms with Crippen LogP contribution < -0.4 is 16.0 Å². The number of benzene rings is 3. The first-order valence-corrected chi connectivity index (χ1v) is 19.8. The number of imide groups is 1. The quantitative estimate of drug-likeness (QED) is 0.111. The molecular formula is C44H44F3N9O6. The van der Waals surface area contributed by atoms with E-state index in [-0.39, 0.29) is 35.0 Å². The zero-order valence-electron chi connectivity index (χ0n) is 34.3. The minimum Gasteiger partial charge on any atom is -0.475 e. The highest BCUT2D eigenvalue weighted by Crippen LogP contribution is 2.32. The highest BCUT2D eigenvalue weighted by Gasteiger charge is 2.38. The van der Waals surface area contributed by atoms with Gasteiger partial charge in [-0.3, -0.25) is 24.6 Å². The minimum atomic E-state index is -5.08. The van der Waals surface area contributed by atoms with E-state index in [1.807, 2.05) is 62.7 Å². The predicted octanol–water partition coefficient (Wildman–Crippen LogP) is 6.39.